The van der Waals surface area contributed by atoms with Gasteiger partial charge in [0.25, 0.3) is 0 Å². The van der Waals surface area contributed by atoms with Crippen LogP contribution in [0.15, 0.2) is 0 Å². The number of carboxylic acid groups (broad SMARTS) is 1. The van der Waals surface area contributed by atoms with Crippen LogP contribution < -0.4 is 10.6 Å². The number of hydrogen-bond acceptors (Lipinski definition) is 9. The smallest absolute Gasteiger partial charge is 0.331 e. The molecule has 1 fully saturated rings. The van der Waals surface area contributed by atoms with Crippen LogP contribution >= 0.6 is 7.60 Å². The zero-order valence-electron chi connectivity index (χ0n) is 25.5. The van der Waals surface area contributed by atoms with Gasteiger partial charge in [-0.1, -0.05) is 71.1 Å². The molecule has 7 N–H and O–H groups in total. The van der Waals surface area contributed by atoms with Crippen molar-refractivity contribution >= 4 is 25.4 Å². The van der Waals surface area contributed by atoms with Crippen LogP contribution in [0.5, 0.6) is 0 Å². The fourth-order valence-corrected chi connectivity index (χ4v) is 6.20. The number of hydrogen-bond donors (Lipinski definition) is 7. The topological polar surface area (TPSA) is 206 Å². The molecule has 14 heteroatoms. The van der Waals surface area contributed by atoms with E-state index in [1.54, 1.807) is 0 Å². The molecule has 246 valence electrons. The molecule has 0 aromatic carbocycles. The fraction of sp³-hybridized carbons (Fsp3) is 0.893. The minimum atomic E-state index is -4.40. The molecule has 1 rings (SSSR count). The van der Waals surface area contributed by atoms with Crippen LogP contribution in [0.4, 0.5) is 0 Å². The van der Waals surface area contributed by atoms with E-state index >= 15 is 0 Å². The summed E-state index contributed by atoms with van der Waals surface area (Å²) in [4.78, 5) is 47.5. The molecule has 2 unspecified atom stereocenters. The molecule has 1 saturated heterocycles. The molecule has 6 atom stereocenters. The molecular formula is C28H54N3O10P. The summed E-state index contributed by atoms with van der Waals surface area (Å²) in [6.07, 6.45) is 9.27. The van der Waals surface area contributed by atoms with Crippen molar-refractivity contribution in [2.45, 2.75) is 128 Å². The lowest BCUT2D eigenvalue weighted by Gasteiger charge is -2.31. The van der Waals surface area contributed by atoms with Crippen molar-refractivity contribution in [1.82, 2.24) is 15.5 Å². The Kier molecular flexibility index (Phi) is 18.0. The molecule has 0 bridgehead atoms. The largest absolute Gasteiger partial charge is 0.479 e. The average Bonchev–Trinajstić information content (AvgIpc) is 3.16. The van der Waals surface area contributed by atoms with Gasteiger partial charge in [0.05, 0.1) is 43.7 Å². The summed E-state index contributed by atoms with van der Waals surface area (Å²) in [6.45, 7) is 3.10. The lowest BCUT2D eigenvalue weighted by atomic mass is 10.0. The Morgan fingerprint density at radius 2 is 1.45 bits per heavy atom. The first-order valence-electron chi connectivity index (χ1n) is 15.3. The molecule has 0 aliphatic carbocycles. The quantitative estimate of drug-likeness (QED) is 0.0645. The second-order valence-corrected chi connectivity index (χ2v) is 13.6. The number of rotatable bonds is 23. The fourth-order valence-electron chi connectivity index (χ4n) is 5.13. The first-order valence-corrected chi connectivity index (χ1v) is 17.0. The van der Waals surface area contributed by atoms with E-state index in [1.807, 2.05) is 0 Å². The highest BCUT2D eigenvalue weighted by molar-refractivity contribution is 7.52. The molecule has 1 aliphatic heterocycles. The van der Waals surface area contributed by atoms with Gasteiger partial charge in [-0.15, -0.1) is 0 Å². The lowest BCUT2D eigenvalue weighted by molar-refractivity contribution is -0.148. The van der Waals surface area contributed by atoms with E-state index in [1.165, 1.54) is 63.7 Å². The maximum absolute atomic E-state index is 12.8. The minimum absolute atomic E-state index is 0.0666. The highest BCUT2D eigenvalue weighted by atomic mass is 31.2. The third kappa shape index (κ3) is 13.8. The van der Waals surface area contributed by atoms with Gasteiger partial charge >= 0.3 is 13.6 Å². The third-order valence-corrected chi connectivity index (χ3v) is 9.13. The number of carbonyl (C=O) groups is 3. The van der Waals surface area contributed by atoms with E-state index in [-0.39, 0.29) is 25.4 Å². The zero-order chi connectivity index (χ0) is 31.8. The van der Waals surface area contributed by atoms with Crippen molar-refractivity contribution < 1.29 is 48.8 Å². The van der Waals surface area contributed by atoms with Crippen LogP contribution in [0.3, 0.4) is 0 Å². The van der Waals surface area contributed by atoms with E-state index in [4.69, 9.17) is 4.52 Å². The monoisotopic (exact) mass is 623 g/mol. The van der Waals surface area contributed by atoms with Gasteiger partial charge in [-0.3, -0.25) is 19.1 Å². The molecular weight excluding hydrogens is 569 g/mol. The van der Waals surface area contributed by atoms with Crippen molar-refractivity contribution in [3.63, 3.8) is 0 Å². The van der Waals surface area contributed by atoms with Gasteiger partial charge in [0.1, 0.15) is 0 Å². The summed E-state index contributed by atoms with van der Waals surface area (Å²) in [7, 11) is -4.40. The van der Waals surface area contributed by atoms with Crippen LogP contribution in [0.2, 0.25) is 0 Å². The highest BCUT2D eigenvalue weighted by Gasteiger charge is 2.47. The number of aliphatic carboxylic acids is 1. The van der Waals surface area contributed by atoms with Gasteiger partial charge in [-0.25, -0.2) is 4.79 Å². The Morgan fingerprint density at radius 3 is 1.95 bits per heavy atom. The first-order chi connectivity index (χ1) is 19.8. The maximum Gasteiger partial charge on any atom is 0.331 e. The first kappa shape index (κ1) is 38.4. The number of nitrogens with zero attached hydrogens (tertiary/aromatic N) is 1. The van der Waals surface area contributed by atoms with Gasteiger partial charge in [-0.05, 0) is 13.3 Å². The molecule has 0 aromatic rings. The zero-order valence-corrected chi connectivity index (χ0v) is 26.4. The minimum Gasteiger partial charge on any atom is -0.479 e. The molecule has 0 saturated carbocycles. The normalized spacial score (nSPS) is 23.7. The predicted octanol–water partition coefficient (Wildman–Crippen LogP) is 1.75. The van der Waals surface area contributed by atoms with Gasteiger partial charge in [0, 0.05) is 26.4 Å². The van der Waals surface area contributed by atoms with Crippen LogP contribution in [0, 0.1) is 0 Å². The number of carboxylic acids is 1. The highest BCUT2D eigenvalue weighted by Crippen LogP contribution is 2.43. The van der Waals surface area contributed by atoms with Gasteiger partial charge in [0.2, 0.25) is 11.8 Å². The van der Waals surface area contributed by atoms with Crippen LogP contribution in [-0.4, -0.2) is 110 Å². The molecule has 2 amide bonds. The second kappa shape index (κ2) is 19.6. The summed E-state index contributed by atoms with van der Waals surface area (Å²) in [5.41, 5.74) is -1.94. The molecule has 13 nitrogen and oxygen atoms in total. The summed E-state index contributed by atoms with van der Waals surface area (Å²) in [5, 5.41) is 45.0. The van der Waals surface area contributed by atoms with E-state index in [2.05, 4.69) is 17.6 Å². The molecule has 0 radical (unpaired) electrons. The Morgan fingerprint density at radius 1 is 0.929 bits per heavy atom. The molecule has 0 aromatic heterocycles. The van der Waals surface area contributed by atoms with Crippen molar-refractivity contribution in [3.8, 4) is 0 Å². The Labute approximate surface area is 249 Å². The number of likely N-dealkylation sites (tertiary alicyclic amines) is 1. The number of unbranched alkanes of at least 4 members (excludes halogenated alkanes) is 10. The van der Waals surface area contributed by atoms with Gasteiger partial charge in [-0.2, -0.15) is 0 Å². The Hall–Kier alpha value is -1.60. The Bertz CT molecular complexity index is 879. The average molecular weight is 624 g/mol. The number of amides is 2. The van der Waals surface area contributed by atoms with Gasteiger partial charge in [0.15, 0.2) is 5.54 Å². The maximum atomic E-state index is 12.8. The number of nitrogens with one attached hydrogen (secondary N) is 2. The summed E-state index contributed by atoms with van der Waals surface area (Å²) < 4.78 is 17.9. The van der Waals surface area contributed by atoms with Crippen molar-refractivity contribution in [1.29, 1.82) is 0 Å². The lowest BCUT2D eigenvalue weighted by Crippen LogP contribution is -2.55. The standard InChI is InChI=1S/C28H54N3O10P/c1-4-5-6-7-8-9-10-11-12-13-14-15-24(34)30-28(3,27(37)38)20-41-42(39,40)17-16-31-22(18-29-21(2)33)25(35)26(36)23(31)19-32/h22-23,25-26,32,35-36H,4-20H2,1-3H3,(H,29,33)(H,30,34)(H,37,38)(H,39,40)/t22-,23-,25-,26-,28?/m1/s1. The summed E-state index contributed by atoms with van der Waals surface area (Å²) >= 11 is 0. The van der Waals surface area contributed by atoms with Crippen LogP contribution in [-0.2, 0) is 23.5 Å². The van der Waals surface area contributed by atoms with Crippen LogP contribution in [0.1, 0.15) is 97.8 Å². The third-order valence-electron chi connectivity index (χ3n) is 7.83. The van der Waals surface area contributed by atoms with Crippen molar-refractivity contribution in [3.05, 3.63) is 0 Å². The van der Waals surface area contributed by atoms with Crippen LogP contribution in [0.25, 0.3) is 0 Å². The Balaban J connectivity index is 2.52. The molecule has 1 aliphatic rings. The molecule has 1 heterocycles. The summed E-state index contributed by atoms with van der Waals surface area (Å²) in [5.74, 6) is -2.28. The van der Waals surface area contributed by atoms with Crippen molar-refractivity contribution in [2.24, 2.45) is 0 Å². The molecule has 42 heavy (non-hydrogen) atoms. The number of carbonyl (C=O) groups excluding carboxylic acids is 2. The summed E-state index contributed by atoms with van der Waals surface area (Å²) in [6, 6.07) is -1.78. The van der Waals surface area contributed by atoms with E-state index in [0.717, 1.165) is 19.3 Å². The number of aliphatic hydroxyl groups is 3. The molecule has 0 spiro atoms. The van der Waals surface area contributed by atoms with E-state index in [9.17, 15) is 44.3 Å². The van der Waals surface area contributed by atoms with E-state index in [0.29, 0.717) is 6.42 Å². The van der Waals surface area contributed by atoms with Gasteiger partial charge < -0.3 is 40.5 Å². The SMILES string of the molecule is CCCCCCCCCCCCCC(=O)NC(C)(COP(=O)(O)CCN1[C@H](CO)[C@@H](O)[C@H](O)[C@H]1CNC(C)=O)C(=O)O. The van der Waals surface area contributed by atoms with Crippen molar-refractivity contribution in [2.75, 3.05) is 32.5 Å². The van der Waals surface area contributed by atoms with E-state index < -0.39 is 68.7 Å². The predicted molar refractivity (Wildman–Crippen MR) is 158 cm³/mol. The second-order valence-electron chi connectivity index (χ2n) is 11.6. The number of aliphatic hydroxyl groups excluding tert-OH is 3.